The number of ether oxygens (including phenoxy) is 1. The van der Waals surface area contributed by atoms with Crippen molar-refractivity contribution in [1.29, 1.82) is 0 Å². The van der Waals surface area contributed by atoms with E-state index in [1.54, 1.807) is 6.92 Å². The summed E-state index contributed by atoms with van der Waals surface area (Å²) in [6, 6.07) is -0.606. The number of esters is 1. The molecule has 0 aliphatic heterocycles. The first-order valence-corrected chi connectivity index (χ1v) is 4.69. The van der Waals surface area contributed by atoms with Gasteiger partial charge >= 0.3 is 5.97 Å². The van der Waals surface area contributed by atoms with Crippen LogP contribution in [-0.2, 0) is 14.3 Å². The maximum absolute atomic E-state index is 11.4. The highest BCUT2D eigenvalue weighted by Crippen LogP contribution is 2.03. The fourth-order valence-electron chi connectivity index (χ4n) is 0.962. The summed E-state index contributed by atoms with van der Waals surface area (Å²) in [5.74, 6) is -0.773. The highest BCUT2D eigenvalue weighted by atomic mass is 35.5. The normalized spacial score (nSPS) is 11.5. The molecule has 90 valence electrons. The van der Waals surface area contributed by atoms with E-state index in [-0.39, 0.29) is 30.8 Å². The van der Waals surface area contributed by atoms with E-state index in [4.69, 9.17) is 10.5 Å². The van der Waals surface area contributed by atoms with E-state index in [0.717, 1.165) is 0 Å². The highest BCUT2D eigenvalue weighted by molar-refractivity contribution is 5.85. The lowest BCUT2D eigenvalue weighted by molar-refractivity contribution is -0.148. The molecule has 0 aromatic heterocycles. The van der Waals surface area contributed by atoms with Crippen LogP contribution >= 0.6 is 12.4 Å². The summed E-state index contributed by atoms with van der Waals surface area (Å²) in [5, 5.41) is 2.51. The van der Waals surface area contributed by atoms with Gasteiger partial charge in [-0.05, 0) is 12.8 Å². The zero-order chi connectivity index (χ0) is 11.1. The molecule has 0 aromatic rings. The first-order chi connectivity index (χ1) is 6.52. The number of nitrogens with one attached hydrogen (secondary N) is 1. The first-order valence-electron chi connectivity index (χ1n) is 4.69. The lowest BCUT2D eigenvalue weighted by atomic mass is 10.0. The van der Waals surface area contributed by atoms with Crippen LogP contribution in [0.2, 0.25) is 0 Å². The number of rotatable bonds is 5. The van der Waals surface area contributed by atoms with Crippen molar-refractivity contribution >= 4 is 24.3 Å². The topological polar surface area (TPSA) is 81.4 Å². The van der Waals surface area contributed by atoms with Gasteiger partial charge in [0.25, 0.3) is 0 Å². The van der Waals surface area contributed by atoms with Crippen LogP contribution in [0.1, 0.15) is 20.8 Å². The largest absolute Gasteiger partial charge is 0.464 e. The van der Waals surface area contributed by atoms with Crippen molar-refractivity contribution in [3.63, 3.8) is 0 Å². The van der Waals surface area contributed by atoms with Crippen LogP contribution < -0.4 is 11.1 Å². The summed E-state index contributed by atoms with van der Waals surface area (Å²) < 4.78 is 4.82. The molecule has 1 amide bonds. The van der Waals surface area contributed by atoms with Crippen molar-refractivity contribution in [2.45, 2.75) is 26.8 Å². The second-order valence-electron chi connectivity index (χ2n) is 3.25. The third kappa shape index (κ3) is 6.30. The quantitative estimate of drug-likeness (QED) is 0.665. The number of hydrogen-bond acceptors (Lipinski definition) is 4. The Morgan fingerprint density at radius 3 is 2.27 bits per heavy atom. The highest BCUT2D eigenvalue weighted by Gasteiger charge is 2.24. The summed E-state index contributed by atoms with van der Waals surface area (Å²) in [7, 11) is 0. The molecule has 0 aromatic carbocycles. The second-order valence-corrected chi connectivity index (χ2v) is 3.25. The third-order valence-corrected chi connectivity index (χ3v) is 1.71. The summed E-state index contributed by atoms with van der Waals surface area (Å²) >= 11 is 0. The van der Waals surface area contributed by atoms with Gasteiger partial charge in [0.15, 0.2) is 0 Å². The minimum Gasteiger partial charge on any atom is -0.464 e. The summed E-state index contributed by atoms with van der Waals surface area (Å²) in [6.45, 7) is 5.57. The van der Waals surface area contributed by atoms with Gasteiger partial charge in [-0.1, -0.05) is 13.8 Å². The molecule has 0 saturated carbocycles. The van der Waals surface area contributed by atoms with Gasteiger partial charge in [0.05, 0.1) is 13.2 Å². The molecule has 0 aliphatic carbocycles. The van der Waals surface area contributed by atoms with Crippen molar-refractivity contribution < 1.29 is 14.3 Å². The number of hydrogen-bond donors (Lipinski definition) is 2. The molecular formula is C9H19ClN2O3. The van der Waals surface area contributed by atoms with Crippen LogP contribution in [0.15, 0.2) is 0 Å². The smallest absolute Gasteiger partial charge is 0.328 e. The SMILES string of the molecule is CCOC(=O)C(NC(=O)CN)C(C)C.Cl. The van der Waals surface area contributed by atoms with Crippen LogP contribution in [0.5, 0.6) is 0 Å². The Morgan fingerprint density at radius 2 is 1.93 bits per heavy atom. The lowest BCUT2D eigenvalue weighted by Crippen LogP contribution is -2.47. The molecule has 1 unspecified atom stereocenters. The molecule has 0 bridgehead atoms. The summed E-state index contributed by atoms with van der Waals surface area (Å²) in [5.41, 5.74) is 5.13. The van der Waals surface area contributed by atoms with E-state index in [1.165, 1.54) is 0 Å². The van der Waals surface area contributed by atoms with E-state index in [9.17, 15) is 9.59 Å². The van der Waals surface area contributed by atoms with Crippen LogP contribution in [0.4, 0.5) is 0 Å². The van der Waals surface area contributed by atoms with Gasteiger partial charge in [0.1, 0.15) is 6.04 Å². The molecular weight excluding hydrogens is 220 g/mol. The van der Waals surface area contributed by atoms with Crippen LogP contribution in [0.25, 0.3) is 0 Å². The Kier molecular flexibility index (Phi) is 9.41. The van der Waals surface area contributed by atoms with Crippen molar-refractivity contribution in [2.75, 3.05) is 13.2 Å². The van der Waals surface area contributed by atoms with Crippen molar-refractivity contribution in [2.24, 2.45) is 11.7 Å². The van der Waals surface area contributed by atoms with Crippen LogP contribution in [-0.4, -0.2) is 31.1 Å². The van der Waals surface area contributed by atoms with Gasteiger partial charge in [-0.2, -0.15) is 0 Å². The van der Waals surface area contributed by atoms with Crippen LogP contribution in [0, 0.1) is 5.92 Å². The van der Waals surface area contributed by atoms with E-state index in [1.807, 2.05) is 13.8 Å². The Hall–Kier alpha value is -0.810. The first kappa shape index (κ1) is 16.6. The number of halogens is 1. The monoisotopic (exact) mass is 238 g/mol. The van der Waals surface area contributed by atoms with Gasteiger partial charge < -0.3 is 15.8 Å². The molecule has 15 heavy (non-hydrogen) atoms. The molecule has 0 saturated heterocycles. The number of amides is 1. The second kappa shape index (κ2) is 8.49. The van der Waals surface area contributed by atoms with E-state index >= 15 is 0 Å². The zero-order valence-corrected chi connectivity index (χ0v) is 10.1. The fourth-order valence-corrected chi connectivity index (χ4v) is 0.962. The van der Waals surface area contributed by atoms with Gasteiger partial charge in [-0.15, -0.1) is 12.4 Å². The van der Waals surface area contributed by atoms with Gasteiger partial charge in [0, 0.05) is 0 Å². The molecule has 6 heteroatoms. The summed E-state index contributed by atoms with van der Waals surface area (Å²) in [6.07, 6.45) is 0. The van der Waals surface area contributed by atoms with Crippen molar-refractivity contribution in [3.8, 4) is 0 Å². The standard InChI is InChI=1S/C9H18N2O3.ClH/c1-4-14-9(13)8(6(2)3)11-7(12)5-10;/h6,8H,4-5,10H2,1-3H3,(H,11,12);1H. The Morgan fingerprint density at radius 1 is 1.40 bits per heavy atom. The zero-order valence-electron chi connectivity index (χ0n) is 9.28. The number of nitrogens with two attached hydrogens (primary N) is 1. The number of carbonyl (C=O) groups is 2. The molecule has 0 fully saturated rings. The Balaban J connectivity index is 0. The molecule has 0 rings (SSSR count). The summed E-state index contributed by atoms with van der Waals surface area (Å²) in [4.78, 5) is 22.3. The molecule has 3 N–H and O–H groups in total. The minimum atomic E-state index is -0.606. The van der Waals surface area contributed by atoms with Crippen LogP contribution in [0.3, 0.4) is 0 Å². The maximum Gasteiger partial charge on any atom is 0.328 e. The molecule has 0 spiro atoms. The lowest BCUT2D eigenvalue weighted by Gasteiger charge is -2.19. The fraction of sp³-hybridized carbons (Fsp3) is 0.778. The molecule has 0 heterocycles. The van der Waals surface area contributed by atoms with Gasteiger partial charge in [0.2, 0.25) is 5.91 Å². The minimum absolute atomic E-state index is 0. The molecule has 0 radical (unpaired) electrons. The van der Waals surface area contributed by atoms with Crippen molar-refractivity contribution in [3.05, 3.63) is 0 Å². The van der Waals surface area contributed by atoms with E-state index < -0.39 is 12.0 Å². The van der Waals surface area contributed by atoms with Gasteiger partial charge in [-0.25, -0.2) is 4.79 Å². The Labute approximate surface area is 96.1 Å². The van der Waals surface area contributed by atoms with E-state index in [2.05, 4.69) is 5.32 Å². The maximum atomic E-state index is 11.4. The van der Waals surface area contributed by atoms with E-state index in [0.29, 0.717) is 6.61 Å². The predicted octanol–water partition coefficient (Wildman–Crippen LogP) is 0.0708. The Bertz CT molecular complexity index is 210. The third-order valence-electron chi connectivity index (χ3n) is 1.71. The molecule has 5 nitrogen and oxygen atoms in total. The number of carbonyl (C=O) groups excluding carboxylic acids is 2. The average Bonchev–Trinajstić information content (AvgIpc) is 2.13. The van der Waals surface area contributed by atoms with Gasteiger partial charge in [-0.3, -0.25) is 4.79 Å². The average molecular weight is 239 g/mol. The van der Waals surface area contributed by atoms with Crippen molar-refractivity contribution in [1.82, 2.24) is 5.32 Å². The molecule has 0 aliphatic rings. The molecule has 1 atom stereocenters. The predicted molar refractivity (Wildman–Crippen MR) is 59.7 cm³/mol.